The van der Waals surface area contributed by atoms with Crippen molar-refractivity contribution in [1.82, 2.24) is 9.21 Å². The summed E-state index contributed by atoms with van der Waals surface area (Å²) in [4.78, 5) is 2.31. The van der Waals surface area contributed by atoms with Gasteiger partial charge < -0.3 is 10.6 Å². The van der Waals surface area contributed by atoms with Crippen LogP contribution in [0.2, 0.25) is 0 Å². The van der Waals surface area contributed by atoms with Gasteiger partial charge in [-0.3, -0.25) is 0 Å². The second-order valence-electron chi connectivity index (χ2n) is 5.21. The second-order valence-corrected chi connectivity index (χ2v) is 7.30. The molecule has 18 heavy (non-hydrogen) atoms. The number of nitrogens with two attached hydrogens (primary N) is 1. The topological polar surface area (TPSA) is 66.6 Å². The standard InChI is InChI=1S/C12H27N3O2S/c1-3-4-9-18(16,17)15-7-5-14(6-8-15)11-12(2)10-13/h12H,3-11,13H2,1-2H3. The summed E-state index contributed by atoms with van der Waals surface area (Å²) in [5.74, 6) is 0.774. The Morgan fingerprint density at radius 3 is 2.33 bits per heavy atom. The summed E-state index contributed by atoms with van der Waals surface area (Å²) in [5, 5.41) is 0. The fourth-order valence-electron chi connectivity index (χ4n) is 2.16. The van der Waals surface area contributed by atoms with Gasteiger partial charge in [0.25, 0.3) is 0 Å². The van der Waals surface area contributed by atoms with E-state index in [-0.39, 0.29) is 0 Å². The molecule has 6 heteroatoms. The summed E-state index contributed by atoms with van der Waals surface area (Å²) in [6, 6.07) is 0. The molecule has 108 valence electrons. The van der Waals surface area contributed by atoms with E-state index >= 15 is 0 Å². The van der Waals surface area contributed by atoms with Crippen LogP contribution in [0.3, 0.4) is 0 Å². The maximum Gasteiger partial charge on any atom is 0.214 e. The van der Waals surface area contributed by atoms with Crippen LogP contribution in [0.5, 0.6) is 0 Å². The van der Waals surface area contributed by atoms with E-state index in [1.165, 1.54) is 0 Å². The molecule has 0 aromatic rings. The first-order valence-corrected chi connectivity index (χ1v) is 8.50. The van der Waals surface area contributed by atoms with Gasteiger partial charge in [-0.1, -0.05) is 20.3 Å². The molecule has 0 spiro atoms. The van der Waals surface area contributed by atoms with Crippen LogP contribution >= 0.6 is 0 Å². The zero-order valence-electron chi connectivity index (χ0n) is 11.6. The van der Waals surface area contributed by atoms with Crippen molar-refractivity contribution < 1.29 is 8.42 Å². The monoisotopic (exact) mass is 277 g/mol. The van der Waals surface area contributed by atoms with Gasteiger partial charge in [-0.15, -0.1) is 0 Å². The summed E-state index contributed by atoms with van der Waals surface area (Å²) in [7, 11) is -3.02. The minimum atomic E-state index is -3.02. The molecule has 1 heterocycles. The van der Waals surface area contributed by atoms with Gasteiger partial charge in [-0.2, -0.15) is 4.31 Å². The van der Waals surface area contributed by atoms with Crippen LogP contribution in [-0.4, -0.2) is 62.6 Å². The van der Waals surface area contributed by atoms with Crippen LogP contribution < -0.4 is 5.73 Å². The number of rotatable bonds is 7. The maximum absolute atomic E-state index is 12.0. The highest BCUT2D eigenvalue weighted by Crippen LogP contribution is 2.11. The summed E-state index contributed by atoms with van der Waals surface area (Å²) >= 11 is 0. The smallest absolute Gasteiger partial charge is 0.214 e. The van der Waals surface area contributed by atoms with Crippen LogP contribution in [-0.2, 0) is 10.0 Å². The normalized spacial score (nSPS) is 21.1. The molecule has 0 radical (unpaired) electrons. The third-order valence-electron chi connectivity index (χ3n) is 3.45. The summed E-state index contributed by atoms with van der Waals surface area (Å²) in [5.41, 5.74) is 5.61. The van der Waals surface area contributed by atoms with Crippen LogP contribution in [0.4, 0.5) is 0 Å². The van der Waals surface area contributed by atoms with Crippen molar-refractivity contribution in [1.29, 1.82) is 0 Å². The van der Waals surface area contributed by atoms with Gasteiger partial charge in [-0.05, 0) is 18.9 Å². The lowest BCUT2D eigenvalue weighted by Crippen LogP contribution is -2.50. The molecule has 1 fully saturated rings. The van der Waals surface area contributed by atoms with Gasteiger partial charge >= 0.3 is 0 Å². The Balaban J connectivity index is 2.39. The quantitative estimate of drug-likeness (QED) is 0.728. The van der Waals surface area contributed by atoms with Crippen molar-refractivity contribution >= 4 is 10.0 Å². The molecule has 1 aliphatic heterocycles. The largest absolute Gasteiger partial charge is 0.330 e. The molecule has 1 saturated heterocycles. The first-order chi connectivity index (χ1) is 8.49. The predicted molar refractivity (Wildman–Crippen MR) is 74.9 cm³/mol. The Kier molecular flexibility index (Phi) is 6.55. The lowest BCUT2D eigenvalue weighted by Gasteiger charge is -2.35. The molecule has 5 nitrogen and oxygen atoms in total. The Labute approximate surface area is 111 Å². The molecule has 1 rings (SSSR count). The highest BCUT2D eigenvalue weighted by Gasteiger charge is 2.26. The first-order valence-electron chi connectivity index (χ1n) is 6.89. The minimum absolute atomic E-state index is 0.294. The van der Waals surface area contributed by atoms with Crippen LogP contribution in [0.15, 0.2) is 0 Å². The molecule has 2 N–H and O–H groups in total. The third-order valence-corrected chi connectivity index (χ3v) is 5.41. The van der Waals surface area contributed by atoms with E-state index in [4.69, 9.17) is 5.73 Å². The van der Waals surface area contributed by atoms with Gasteiger partial charge in [0.1, 0.15) is 0 Å². The van der Waals surface area contributed by atoms with Gasteiger partial charge in [0.05, 0.1) is 5.75 Å². The van der Waals surface area contributed by atoms with Crippen LogP contribution in [0.1, 0.15) is 26.7 Å². The molecule has 0 saturated carbocycles. The second kappa shape index (κ2) is 7.43. The van der Waals surface area contributed by atoms with Gasteiger partial charge in [0.15, 0.2) is 0 Å². The lowest BCUT2D eigenvalue weighted by atomic mass is 10.1. The highest BCUT2D eigenvalue weighted by atomic mass is 32.2. The van der Waals surface area contributed by atoms with Crippen molar-refractivity contribution in [3.05, 3.63) is 0 Å². The maximum atomic E-state index is 12.0. The minimum Gasteiger partial charge on any atom is -0.330 e. The number of nitrogens with zero attached hydrogens (tertiary/aromatic N) is 2. The zero-order chi connectivity index (χ0) is 13.6. The predicted octanol–water partition coefficient (Wildman–Crippen LogP) is 0.329. The van der Waals surface area contributed by atoms with Crippen molar-refractivity contribution in [3.8, 4) is 0 Å². The van der Waals surface area contributed by atoms with Crippen molar-refractivity contribution in [3.63, 3.8) is 0 Å². The number of piperazine rings is 1. The number of unbranched alkanes of at least 4 members (excludes halogenated alkanes) is 1. The Hall–Kier alpha value is -0.170. The van der Waals surface area contributed by atoms with E-state index in [9.17, 15) is 8.42 Å². The average Bonchev–Trinajstić information content (AvgIpc) is 2.37. The van der Waals surface area contributed by atoms with E-state index in [2.05, 4.69) is 11.8 Å². The SMILES string of the molecule is CCCCS(=O)(=O)N1CCN(CC(C)CN)CC1. The number of hydrogen-bond donors (Lipinski definition) is 1. The van der Waals surface area contributed by atoms with Crippen LogP contribution in [0, 0.1) is 5.92 Å². The van der Waals surface area contributed by atoms with Crippen molar-refractivity contribution in [2.45, 2.75) is 26.7 Å². The van der Waals surface area contributed by atoms with E-state index in [1.807, 2.05) is 6.92 Å². The van der Waals surface area contributed by atoms with Gasteiger partial charge in [0.2, 0.25) is 10.0 Å². The lowest BCUT2D eigenvalue weighted by molar-refractivity contribution is 0.170. The van der Waals surface area contributed by atoms with E-state index in [0.29, 0.717) is 31.3 Å². The highest BCUT2D eigenvalue weighted by molar-refractivity contribution is 7.89. The third kappa shape index (κ3) is 4.84. The average molecular weight is 277 g/mol. The molecule has 0 bridgehead atoms. The fraction of sp³-hybridized carbons (Fsp3) is 1.00. The molecule has 0 aromatic carbocycles. The molecule has 1 aliphatic rings. The van der Waals surface area contributed by atoms with E-state index in [1.54, 1.807) is 4.31 Å². The summed E-state index contributed by atoms with van der Waals surface area (Å²) < 4.78 is 25.7. The molecule has 0 amide bonds. The molecule has 1 unspecified atom stereocenters. The molecule has 0 aromatic heterocycles. The molecule has 0 aliphatic carbocycles. The summed E-state index contributed by atoms with van der Waals surface area (Å²) in [6.45, 7) is 8.72. The first kappa shape index (κ1) is 15.9. The Morgan fingerprint density at radius 1 is 1.22 bits per heavy atom. The van der Waals surface area contributed by atoms with Crippen molar-refractivity contribution in [2.24, 2.45) is 11.7 Å². The molecular formula is C12H27N3O2S. The molecular weight excluding hydrogens is 250 g/mol. The van der Waals surface area contributed by atoms with Gasteiger partial charge in [0, 0.05) is 32.7 Å². The molecule has 1 atom stereocenters. The zero-order valence-corrected chi connectivity index (χ0v) is 12.5. The Bertz CT molecular complexity index is 324. The van der Waals surface area contributed by atoms with Gasteiger partial charge in [-0.25, -0.2) is 8.42 Å². The Morgan fingerprint density at radius 2 is 1.83 bits per heavy atom. The summed E-state index contributed by atoms with van der Waals surface area (Å²) in [6.07, 6.45) is 1.68. The van der Waals surface area contributed by atoms with E-state index < -0.39 is 10.0 Å². The fourth-order valence-corrected chi connectivity index (χ4v) is 3.79. The number of hydrogen-bond acceptors (Lipinski definition) is 4. The number of sulfonamides is 1. The van der Waals surface area contributed by atoms with Crippen molar-refractivity contribution in [2.75, 3.05) is 45.0 Å². The van der Waals surface area contributed by atoms with E-state index in [0.717, 1.165) is 32.5 Å². The van der Waals surface area contributed by atoms with Crippen LogP contribution in [0.25, 0.3) is 0 Å².